The van der Waals surface area contributed by atoms with Gasteiger partial charge in [0.25, 0.3) is 0 Å². The predicted octanol–water partition coefficient (Wildman–Crippen LogP) is 6.20. The molecule has 0 radical (unpaired) electrons. The lowest BCUT2D eigenvalue weighted by Crippen LogP contribution is -1.94. The minimum absolute atomic E-state index is 0.0284. The second kappa shape index (κ2) is 6.37. The summed E-state index contributed by atoms with van der Waals surface area (Å²) >= 11 is 0. The number of rotatable bonds is 3. The molecule has 0 bridgehead atoms. The van der Waals surface area contributed by atoms with Crippen LogP contribution >= 0.6 is 0 Å². The maximum atomic E-state index is 12.6. The summed E-state index contributed by atoms with van der Waals surface area (Å²) in [6.07, 6.45) is 3.64. The van der Waals surface area contributed by atoms with E-state index in [9.17, 15) is 4.79 Å². The number of benzene rings is 4. The van der Waals surface area contributed by atoms with Gasteiger partial charge in [-0.1, -0.05) is 72.3 Å². The van der Waals surface area contributed by atoms with Crippen molar-refractivity contribution in [2.45, 2.75) is 6.92 Å². The van der Waals surface area contributed by atoms with Crippen LogP contribution < -0.4 is 0 Å². The van der Waals surface area contributed by atoms with Crippen molar-refractivity contribution in [3.05, 3.63) is 102 Å². The van der Waals surface area contributed by atoms with Crippen LogP contribution in [-0.2, 0) is 0 Å². The third kappa shape index (κ3) is 2.97. The number of fused-ring (bicyclic) bond motifs is 2. The summed E-state index contributed by atoms with van der Waals surface area (Å²) in [7, 11) is 0. The molecule has 0 aliphatic carbocycles. The molecule has 4 rings (SSSR count). The summed E-state index contributed by atoms with van der Waals surface area (Å²) in [4.78, 5) is 12.6. The Hall–Kier alpha value is -3.19. The zero-order chi connectivity index (χ0) is 17.2. The first-order valence-corrected chi connectivity index (χ1v) is 8.42. The van der Waals surface area contributed by atoms with Crippen LogP contribution in [0.1, 0.15) is 21.5 Å². The van der Waals surface area contributed by atoms with Gasteiger partial charge in [0.05, 0.1) is 0 Å². The maximum Gasteiger partial charge on any atom is 0.185 e. The molecule has 0 saturated carbocycles. The van der Waals surface area contributed by atoms with Crippen LogP contribution in [-0.4, -0.2) is 5.78 Å². The highest BCUT2D eigenvalue weighted by Crippen LogP contribution is 2.29. The quantitative estimate of drug-likeness (QED) is 0.249. The predicted molar refractivity (Wildman–Crippen MR) is 106 cm³/mol. The van der Waals surface area contributed by atoms with Crippen LogP contribution in [0.5, 0.6) is 0 Å². The highest BCUT2D eigenvalue weighted by Gasteiger charge is 2.06. The molecule has 0 spiro atoms. The highest BCUT2D eigenvalue weighted by atomic mass is 16.1. The van der Waals surface area contributed by atoms with Crippen molar-refractivity contribution < 1.29 is 4.79 Å². The van der Waals surface area contributed by atoms with Crippen LogP contribution in [0.25, 0.3) is 27.6 Å². The Morgan fingerprint density at radius 2 is 1.40 bits per heavy atom. The summed E-state index contributed by atoms with van der Waals surface area (Å²) < 4.78 is 0. The van der Waals surface area contributed by atoms with Gasteiger partial charge in [0.1, 0.15) is 0 Å². The van der Waals surface area contributed by atoms with Gasteiger partial charge < -0.3 is 0 Å². The molecule has 4 aromatic rings. The first-order chi connectivity index (χ1) is 12.2. The molecule has 0 saturated heterocycles. The van der Waals surface area contributed by atoms with E-state index in [4.69, 9.17) is 0 Å². The standard InChI is InChI=1S/C24H18O/c1-17-7-6-10-20(15-17)24(25)14-13-23-21-11-4-2-8-18(21)16-19-9-3-5-12-22(19)23/h2-16H,1H3/b14-13-. The van der Waals surface area contributed by atoms with E-state index in [0.717, 1.165) is 27.5 Å². The largest absolute Gasteiger partial charge is 0.289 e. The number of hydrogen-bond acceptors (Lipinski definition) is 1. The molecule has 4 aromatic carbocycles. The van der Waals surface area contributed by atoms with E-state index in [1.165, 1.54) is 10.8 Å². The van der Waals surface area contributed by atoms with E-state index < -0.39 is 0 Å². The lowest BCUT2D eigenvalue weighted by molar-refractivity contribution is 0.104. The van der Waals surface area contributed by atoms with Gasteiger partial charge in [-0.15, -0.1) is 0 Å². The second-order valence-corrected chi connectivity index (χ2v) is 6.30. The van der Waals surface area contributed by atoms with Crippen molar-refractivity contribution in [2.75, 3.05) is 0 Å². The molecular weight excluding hydrogens is 304 g/mol. The van der Waals surface area contributed by atoms with Gasteiger partial charge in [-0.25, -0.2) is 0 Å². The monoisotopic (exact) mass is 322 g/mol. The first kappa shape index (κ1) is 15.3. The molecule has 0 aromatic heterocycles. The molecule has 0 unspecified atom stereocenters. The number of ketones is 1. The summed E-state index contributed by atoms with van der Waals surface area (Å²) in [5.74, 6) is 0.0284. The molecular formula is C24H18O. The molecule has 0 aliphatic rings. The minimum atomic E-state index is 0.0284. The van der Waals surface area contributed by atoms with Crippen molar-refractivity contribution in [1.82, 2.24) is 0 Å². The Bertz CT molecular complexity index is 1070. The van der Waals surface area contributed by atoms with Crippen LogP contribution in [0, 0.1) is 6.92 Å². The van der Waals surface area contributed by atoms with Gasteiger partial charge >= 0.3 is 0 Å². The van der Waals surface area contributed by atoms with Crippen molar-refractivity contribution in [3.8, 4) is 0 Å². The molecule has 0 atom stereocenters. The summed E-state index contributed by atoms with van der Waals surface area (Å²) in [6.45, 7) is 2.00. The van der Waals surface area contributed by atoms with E-state index in [1.54, 1.807) is 6.08 Å². The Labute approximate surface area is 147 Å². The molecule has 120 valence electrons. The van der Waals surface area contributed by atoms with Crippen molar-refractivity contribution >= 4 is 33.4 Å². The molecule has 0 aliphatic heterocycles. The number of carbonyl (C=O) groups excluding carboxylic acids is 1. The fraction of sp³-hybridized carbons (Fsp3) is 0.0417. The van der Waals surface area contributed by atoms with Crippen LogP contribution in [0.4, 0.5) is 0 Å². The summed E-state index contributed by atoms with van der Waals surface area (Å²) in [5, 5.41) is 4.69. The first-order valence-electron chi connectivity index (χ1n) is 8.42. The molecule has 0 amide bonds. The molecule has 1 heteroatoms. The van der Waals surface area contributed by atoms with Gasteiger partial charge in [-0.2, -0.15) is 0 Å². The van der Waals surface area contributed by atoms with E-state index in [0.29, 0.717) is 0 Å². The third-order valence-corrected chi connectivity index (χ3v) is 4.52. The van der Waals surface area contributed by atoms with Crippen LogP contribution in [0.15, 0.2) is 84.9 Å². The van der Waals surface area contributed by atoms with E-state index in [-0.39, 0.29) is 5.78 Å². The average molecular weight is 322 g/mol. The zero-order valence-corrected chi connectivity index (χ0v) is 14.1. The SMILES string of the molecule is Cc1cccc(C(=O)/C=C\c2c3ccccc3cc3ccccc23)c1. The van der Waals surface area contributed by atoms with Gasteiger partial charge in [0.15, 0.2) is 5.78 Å². The molecule has 0 fully saturated rings. The maximum absolute atomic E-state index is 12.6. The van der Waals surface area contributed by atoms with Gasteiger partial charge in [0.2, 0.25) is 0 Å². The van der Waals surface area contributed by atoms with E-state index >= 15 is 0 Å². The lowest BCUT2D eigenvalue weighted by Gasteiger charge is -2.08. The molecule has 25 heavy (non-hydrogen) atoms. The average Bonchev–Trinajstić information content (AvgIpc) is 2.65. The normalized spacial score (nSPS) is 11.4. The second-order valence-electron chi connectivity index (χ2n) is 6.30. The number of hydrogen-bond donors (Lipinski definition) is 0. The number of carbonyl (C=O) groups is 1. The Morgan fingerprint density at radius 1 is 0.760 bits per heavy atom. The number of allylic oxidation sites excluding steroid dienone is 1. The fourth-order valence-corrected chi connectivity index (χ4v) is 3.28. The minimum Gasteiger partial charge on any atom is -0.289 e. The van der Waals surface area contributed by atoms with E-state index in [2.05, 4.69) is 30.3 Å². The van der Waals surface area contributed by atoms with Crippen LogP contribution in [0.2, 0.25) is 0 Å². The fourth-order valence-electron chi connectivity index (χ4n) is 3.28. The van der Waals surface area contributed by atoms with Crippen molar-refractivity contribution in [3.63, 3.8) is 0 Å². The molecule has 1 nitrogen and oxygen atoms in total. The molecule has 0 N–H and O–H groups in total. The zero-order valence-electron chi connectivity index (χ0n) is 14.1. The highest BCUT2D eigenvalue weighted by molar-refractivity contribution is 6.11. The van der Waals surface area contributed by atoms with E-state index in [1.807, 2.05) is 61.5 Å². The third-order valence-electron chi connectivity index (χ3n) is 4.52. The van der Waals surface area contributed by atoms with Crippen LogP contribution in [0.3, 0.4) is 0 Å². The summed E-state index contributed by atoms with van der Waals surface area (Å²) in [5.41, 5.74) is 2.91. The Balaban J connectivity index is 1.86. The number of aryl methyl sites for hydroxylation is 1. The molecule has 0 heterocycles. The van der Waals surface area contributed by atoms with Gasteiger partial charge in [0, 0.05) is 5.56 Å². The van der Waals surface area contributed by atoms with Crippen molar-refractivity contribution in [2.24, 2.45) is 0 Å². The van der Waals surface area contributed by atoms with Crippen molar-refractivity contribution in [1.29, 1.82) is 0 Å². The topological polar surface area (TPSA) is 17.1 Å². The Kier molecular flexibility index (Phi) is 3.91. The smallest absolute Gasteiger partial charge is 0.185 e. The van der Waals surface area contributed by atoms with Gasteiger partial charge in [-0.05, 0) is 58.3 Å². The van der Waals surface area contributed by atoms with Gasteiger partial charge in [-0.3, -0.25) is 4.79 Å². The Morgan fingerprint density at radius 3 is 2.04 bits per heavy atom. The summed E-state index contributed by atoms with van der Waals surface area (Å²) in [6, 6.07) is 26.5. The lowest BCUT2D eigenvalue weighted by atomic mass is 9.96.